The van der Waals surface area contributed by atoms with Crippen molar-refractivity contribution in [2.45, 2.75) is 18.9 Å². The predicted molar refractivity (Wildman–Crippen MR) is 72.3 cm³/mol. The first-order valence-electron chi connectivity index (χ1n) is 5.50. The summed E-state index contributed by atoms with van der Waals surface area (Å²) in [5.41, 5.74) is 0.487. The van der Waals surface area contributed by atoms with Crippen molar-refractivity contribution in [1.29, 1.82) is 0 Å². The molecule has 17 heavy (non-hydrogen) atoms. The zero-order valence-corrected chi connectivity index (χ0v) is 11.8. The third-order valence-corrected chi connectivity index (χ3v) is 4.44. The first-order valence-corrected chi connectivity index (χ1v) is 7.07. The maximum Gasteiger partial charge on any atom is 0.253 e. The van der Waals surface area contributed by atoms with Crippen LogP contribution in [0.5, 0.6) is 0 Å². The van der Waals surface area contributed by atoms with Gasteiger partial charge in [-0.25, -0.2) is 0 Å². The molecule has 0 radical (unpaired) electrons. The van der Waals surface area contributed by atoms with Gasteiger partial charge in [-0.05, 0) is 39.0 Å². The molecule has 0 spiro atoms. The summed E-state index contributed by atoms with van der Waals surface area (Å²) in [5, 5.41) is 3.01. The number of halogens is 2. The Morgan fingerprint density at radius 3 is 2.65 bits per heavy atom. The highest BCUT2D eigenvalue weighted by molar-refractivity contribution is 7.20. The molecule has 2 heterocycles. The van der Waals surface area contributed by atoms with Crippen LogP contribution in [0.4, 0.5) is 0 Å². The number of likely N-dealkylation sites (tertiary alicyclic amines) is 1. The zero-order chi connectivity index (χ0) is 12.4. The van der Waals surface area contributed by atoms with Crippen molar-refractivity contribution in [1.82, 2.24) is 10.2 Å². The van der Waals surface area contributed by atoms with E-state index in [0.29, 0.717) is 14.2 Å². The summed E-state index contributed by atoms with van der Waals surface area (Å²) >= 11 is 13.0. The third kappa shape index (κ3) is 3.35. The molecule has 0 atom stereocenters. The summed E-state index contributed by atoms with van der Waals surface area (Å²) in [5.74, 6) is -0.118. The summed E-state index contributed by atoms with van der Waals surface area (Å²) in [6, 6.07) is 1.87. The van der Waals surface area contributed by atoms with E-state index in [0.717, 1.165) is 25.9 Å². The Hall–Kier alpha value is -0.290. The van der Waals surface area contributed by atoms with Gasteiger partial charge in [0.15, 0.2) is 0 Å². The molecule has 0 aromatic carbocycles. The van der Waals surface area contributed by atoms with Gasteiger partial charge >= 0.3 is 0 Å². The molecule has 1 saturated heterocycles. The number of thiophene rings is 1. The maximum atomic E-state index is 12.0. The Morgan fingerprint density at radius 1 is 1.47 bits per heavy atom. The highest BCUT2D eigenvalue weighted by atomic mass is 35.5. The van der Waals surface area contributed by atoms with Crippen LogP contribution in [0.2, 0.25) is 8.67 Å². The van der Waals surface area contributed by atoms with Crippen molar-refractivity contribution in [2.75, 3.05) is 20.1 Å². The van der Waals surface area contributed by atoms with E-state index in [1.807, 2.05) is 0 Å². The molecule has 94 valence electrons. The minimum atomic E-state index is -0.118. The van der Waals surface area contributed by atoms with E-state index >= 15 is 0 Å². The number of hydrogen-bond acceptors (Lipinski definition) is 3. The van der Waals surface area contributed by atoms with Gasteiger partial charge < -0.3 is 10.2 Å². The second-order valence-corrected chi connectivity index (χ2v) is 6.57. The number of hydrogen-bond donors (Lipinski definition) is 1. The van der Waals surface area contributed by atoms with Crippen LogP contribution in [0.25, 0.3) is 0 Å². The van der Waals surface area contributed by atoms with Crippen LogP contribution in [0, 0.1) is 0 Å². The number of carbonyl (C=O) groups is 1. The average Bonchev–Trinajstić information content (AvgIpc) is 2.61. The quantitative estimate of drug-likeness (QED) is 0.909. The fourth-order valence-corrected chi connectivity index (χ4v) is 3.37. The summed E-state index contributed by atoms with van der Waals surface area (Å²) in [6.45, 7) is 2.03. The lowest BCUT2D eigenvalue weighted by Gasteiger charge is -2.29. The van der Waals surface area contributed by atoms with Crippen molar-refractivity contribution in [3.63, 3.8) is 0 Å². The van der Waals surface area contributed by atoms with E-state index in [-0.39, 0.29) is 11.9 Å². The first-order chi connectivity index (χ1) is 8.06. The summed E-state index contributed by atoms with van der Waals surface area (Å²) < 4.78 is 1.00. The molecule has 0 aliphatic carbocycles. The molecule has 1 N–H and O–H groups in total. The second kappa shape index (κ2) is 5.57. The Kier molecular flexibility index (Phi) is 4.31. The van der Waals surface area contributed by atoms with Gasteiger partial charge in [-0.1, -0.05) is 23.2 Å². The Bertz CT molecular complexity index is 414. The van der Waals surface area contributed by atoms with E-state index in [1.165, 1.54) is 11.3 Å². The second-order valence-electron chi connectivity index (χ2n) is 4.29. The highest BCUT2D eigenvalue weighted by Crippen LogP contribution is 2.31. The van der Waals surface area contributed by atoms with Crippen molar-refractivity contribution in [3.8, 4) is 0 Å². The van der Waals surface area contributed by atoms with Crippen molar-refractivity contribution < 1.29 is 4.79 Å². The molecular formula is C11H14Cl2N2OS. The van der Waals surface area contributed by atoms with Crippen LogP contribution in [0.15, 0.2) is 6.07 Å². The molecule has 2 rings (SSSR count). The molecule has 1 aromatic rings. The molecule has 1 aliphatic rings. The molecule has 1 fully saturated rings. The van der Waals surface area contributed by atoms with Crippen molar-refractivity contribution in [3.05, 3.63) is 20.3 Å². The predicted octanol–water partition coefficient (Wildman–Crippen LogP) is 2.88. The number of piperidine rings is 1. The van der Waals surface area contributed by atoms with Crippen LogP contribution in [0.1, 0.15) is 23.2 Å². The standard InChI is InChI=1S/C11H14Cl2N2OS/c1-15-4-2-7(3-5-15)14-11(16)8-6-9(12)17-10(8)13/h6-7H,2-5H2,1H3,(H,14,16). The molecule has 1 aliphatic heterocycles. The molecule has 6 heteroatoms. The lowest BCUT2D eigenvalue weighted by Crippen LogP contribution is -2.43. The summed E-state index contributed by atoms with van der Waals surface area (Å²) in [4.78, 5) is 14.2. The molecule has 1 amide bonds. The van der Waals surface area contributed by atoms with Crippen molar-refractivity contribution >= 4 is 40.4 Å². The maximum absolute atomic E-state index is 12.0. The van der Waals surface area contributed by atoms with Gasteiger partial charge in [0.25, 0.3) is 5.91 Å². The smallest absolute Gasteiger partial charge is 0.253 e. The average molecular weight is 293 g/mol. The van der Waals surface area contributed by atoms with Crippen LogP contribution in [0.3, 0.4) is 0 Å². The van der Waals surface area contributed by atoms with Crippen molar-refractivity contribution in [2.24, 2.45) is 0 Å². The Balaban J connectivity index is 1.95. The summed E-state index contributed by atoms with van der Waals surface area (Å²) in [6.07, 6.45) is 1.97. The topological polar surface area (TPSA) is 32.3 Å². The van der Waals surface area contributed by atoms with Gasteiger partial charge in [-0.15, -0.1) is 11.3 Å². The zero-order valence-electron chi connectivity index (χ0n) is 9.50. The normalized spacial score (nSPS) is 18.3. The third-order valence-electron chi connectivity index (χ3n) is 2.96. The van der Waals surface area contributed by atoms with Gasteiger partial charge in [-0.2, -0.15) is 0 Å². The van der Waals surface area contributed by atoms with Crippen LogP contribution in [-0.4, -0.2) is 37.0 Å². The lowest BCUT2D eigenvalue weighted by atomic mass is 10.1. The van der Waals surface area contributed by atoms with Crippen LogP contribution < -0.4 is 5.32 Å². The molecular weight excluding hydrogens is 279 g/mol. The van der Waals surface area contributed by atoms with Gasteiger partial charge in [-0.3, -0.25) is 4.79 Å². The fourth-order valence-electron chi connectivity index (χ4n) is 1.91. The van der Waals surface area contributed by atoms with Gasteiger partial charge in [0.05, 0.1) is 9.90 Å². The Labute approximate surface area is 115 Å². The molecule has 0 saturated carbocycles. The first kappa shape index (κ1) is 13.1. The van der Waals surface area contributed by atoms with E-state index in [2.05, 4.69) is 17.3 Å². The lowest BCUT2D eigenvalue weighted by molar-refractivity contribution is 0.0917. The van der Waals surface area contributed by atoms with Crippen LogP contribution >= 0.6 is 34.5 Å². The number of amides is 1. The Morgan fingerprint density at radius 2 is 2.12 bits per heavy atom. The minimum absolute atomic E-state index is 0.118. The van der Waals surface area contributed by atoms with Crippen LogP contribution in [-0.2, 0) is 0 Å². The van der Waals surface area contributed by atoms with E-state index in [9.17, 15) is 4.79 Å². The number of carbonyl (C=O) groups excluding carboxylic acids is 1. The SMILES string of the molecule is CN1CCC(NC(=O)c2cc(Cl)sc2Cl)CC1. The largest absolute Gasteiger partial charge is 0.349 e. The fraction of sp³-hybridized carbons (Fsp3) is 0.545. The number of rotatable bonds is 2. The molecule has 0 unspecified atom stereocenters. The van der Waals surface area contributed by atoms with E-state index < -0.39 is 0 Å². The summed E-state index contributed by atoms with van der Waals surface area (Å²) in [7, 11) is 2.09. The van der Waals surface area contributed by atoms with Gasteiger partial charge in [0.1, 0.15) is 4.34 Å². The van der Waals surface area contributed by atoms with Gasteiger partial charge in [0.2, 0.25) is 0 Å². The number of nitrogens with one attached hydrogen (secondary N) is 1. The molecule has 0 bridgehead atoms. The highest BCUT2D eigenvalue weighted by Gasteiger charge is 2.21. The monoisotopic (exact) mass is 292 g/mol. The molecule has 3 nitrogen and oxygen atoms in total. The van der Waals surface area contributed by atoms with Gasteiger partial charge in [0, 0.05) is 6.04 Å². The molecule has 1 aromatic heterocycles. The number of nitrogens with zero attached hydrogens (tertiary/aromatic N) is 1. The minimum Gasteiger partial charge on any atom is -0.349 e. The van der Waals surface area contributed by atoms with E-state index in [4.69, 9.17) is 23.2 Å². The van der Waals surface area contributed by atoms with E-state index in [1.54, 1.807) is 6.07 Å².